The van der Waals surface area contributed by atoms with Gasteiger partial charge in [-0.3, -0.25) is 9.48 Å². The largest absolute Gasteiger partial charge is 0.496 e. The molecule has 0 unspecified atom stereocenters. The van der Waals surface area contributed by atoms with E-state index in [9.17, 15) is 4.79 Å². The van der Waals surface area contributed by atoms with Crippen molar-refractivity contribution in [2.75, 3.05) is 40.0 Å². The highest BCUT2D eigenvalue weighted by Gasteiger charge is 2.37. The van der Waals surface area contributed by atoms with Crippen LogP contribution < -0.4 is 4.74 Å². The summed E-state index contributed by atoms with van der Waals surface area (Å²) in [6.07, 6.45) is 5.66. The Morgan fingerprint density at radius 2 is 2.03 bits per heavy atom. The number of hydrogen-bond donors (Lipinski definition) is 0. The molecule has 1 aromatic heterocycles. The van der Waals surface area contributed by atoms with Crippen LogP contribution in [0.1, 0.15) is 59.8 Å². The van der Waals surface area contributed by atoms with Gasteiger partial charge in [-0.2, -0.15) is 5.10 Å². The summed E-state index contributed by atoms with van der Waals surface area (Å²) in [4.78, 5) is 18.2. The van der Waals surface area contributed by atoms with Gasteiger partial charge in [0.25, 0.3) is 0 Å². The van der Waals surface area contributed by atoms with Crippen molar-refractivity contribution < 1.29 is 14.3 Å². The zero-order valence-electron chi connectivity index (χ0n) is 20.8. The maximum atomic E-state index is 13.8. The summed E-state index contributed by atoms with van der Waals surface area (Å²) in [5.41, 5.74) is 7.06. The van der Waals surface area contributed by atoms with E-state index in [1.54, 1.807) is 7.11 Å². The van der Waals surface area contributed by atoms with E-state index >= 15 is 0 Å². The lowest BCUT2D eigenvalue weighted by atomic mass is 9.88. The van der Waals surface area contributed by atoms with Crippen molar-refractivity contribution in [3.05, 3.63) is 58.1 Å². The van der Waals surface area contributed by atoms with Crippen molar-refractivity contribution in [3.8, 4) is 5.75 Å². The van der Waals surface area contributed by atoms with Crippen LogP contribution in [-0.2, 0) is 22.5 Å². The fourth-order valence-corrected chi connectivity index (χ4v) is 5.82. The van der Waals surface area contributed by atoms with Gasteiger partial charge in [0.2, 0.25) is 5.91 Å². The number of fused-ring (bicyclic) bond motifs is 1. The molecule has 1 amide bonds. The Morgan fingerprint density at radius 3 is 2.76 bits per heavy atom. The molecule has 1 aromatic carbocycles. The van der Waals surface area contributed by atoms with E-state index < -0.39 is 0 Å². The van der Waals surface area contributed by atoms with Crippen LogP contribution in [0.4, 0.5) is 0 Å². The number of methoxy groups -OCH3 is 1. The van der Waals surface area contributed by atoms with Crippen molar-refractivity contribution in [2.45, 2.75) is 58.5 Å². The zero-order chi connectivity index (χ0) is 23.8. The SMILES string of the molecule is COc1cccc([C@@H]2C(N3CCOCC3)=CCN2C(=O)Cn2nc3c(c2C)CCC[C@@H]3C)c1C. The number of ether oxygens (including phenoxy) is 2. The van der Waals surface area contributed by atoms with Crippen molar-refractivity contribution in [1.29, 1.82) is 0 Å². The first-order valence-corrected chi connectivity index (χ1v) is 12.5. The van der Waals surface area contributed by atoms with E-state index in [0.29, 0.717) is 25.7 Å². The molecular weight excluding hydrogens is 428 g/mol. The molecule has 2 aromatic rings. The minimum Gasteiger partial charge on any atom is -0.496 e. The van der Waals surface area contributed by atoms with E-state index in [1.807, 2.05) is 21.7 Å². The Morgan fingerprint density at radius 1 is 1.24 bits per heavy atom. The molecule has 0 bridgehead atoms. The normalized spacial score (nSPS) is 22.5. The molecule has 0 radical (unpaired) electrons. The predicted molar refractivity (Wildman–Crippen MR) is 131 cm³/mol. The van der Waals surface area contributed by atoms with Crippen LogP contribution in [0, 0.1) is 13.8 Å². The second-order valence-corrected chi connectivity index (χ2v) is 9.75. The highest BCUT2D eigenvalue weighted by atomic mass is 16.5. The average molecular weight is 465 g/mol. The van der Waals surface area contributed by atoms with Gasteiger partial charge in [0.15, 0.2) is 0 Å². The summed E-state index contributed by atoms with van der Waals surface area (Å²) in [5.74, 6) is 1.41. The van der Waals surface area contributed by atoms with Crippen LogP contribution in [-0.4, -0.2) is 65.4 Å². The molecular formula is C27H36N4O3. The fourth-order valence-electron chi connectivity index (χ4n) is 5.82. The molecule has 5 rings (SSSR count). The van der Waals surface area contributed by atoms with Gasteiger partial charge in [-0.25, -0.2) is 0 Å². The van der Waals surface area contributed by atoms with Gasteiger partial charge in [0, 0.05) is 36.9 Å². The number of carbonyl (C=O) groups is 1. The maximum Gasteiger partial charge on any atom is 0.245 e. The Balaban J connectivity index is 1.46. The van der Waals surface area contributed by atoms with E-state index in [0.717, 1.165) is 42.1 Å². The minimum absolute atomic E-state index is 0.0994. The molecule has 3 heterocycles. The molecule has 7 heteroatoms. The molecule has 34 heavy (non-hydrogen) atoms. The summed E-state index contributed by atoms with van der Waals surface area (Å²) in [6.45, 7) is 10.4. The third-order valence-corrected chi connectivity index (χ3v) is 7.80. The first kappa shape index (κ1) is 23.0. The molecule has 1 saturated heterocycles. The van der Waals surface area contributed by atoms with Crippen LogP contribution in [0.2, 0.25) is 0 Å². The second kappa shape index (κ2) is 9.45. The third kappa shape index (κ3) is 4.00. The predicted octanol–water partition coefficient (Wildman–Crippen LogP) is 3.75. The smallest absolute Gasteiger partial charge is 0.245 e. The van der Waals surface area contributed by atoms with Gasteiger partial charge in [-0.05, 0) is 61.9 Å². The van der Waals surface area contributed by atoms with Gasteiger partial charge in [0.1, 0.15) is 12.3 Å². The van der Waals surface area contributed by atoms with Crippen LogP contribution in [0.3, 0.4) is 0 Å². The molecule has 3 aliphatic rings. The fraction of sp³-hybridized carbons (Fsp3) is 0.556. The Hall–Kier alpha value is -2.80. The molecule has 0 spiro atoms. The average Bonchev–Trinajstić information content (AvgIpc) is 3.43. The summed E-state index contributed by atoms with van der Waals surface area (Å²) in [6, 6.07) is 6.00. The number of morpholine rings is 1. The van der Waals surface area contributed by atoms with Crippen molar-refractivity contribution in [3.63, 3.8) is 0 Å². The van der Waals surface area contributed by atoms with Crippen molar-refractivity contribution >= 4 is 5.91 Å². The van der Waals surface area contributed by atoms with Gasteiger partial charge in [0.05, 0.1) is 32.1 Å². The molecule has 2 aliphatic heterocycles. The number of carbonyl (C=O) groups excluding carboxylic acids is 1. The summed E-state index contributed by atoms with van der Waals surface area (Å²) in [5, 5.41) is 4.90. The summed E-state index contributed by atoms with van der Waals surface area (Å²) >= 11 is 0. The number of aromatic nitrogens is 2. The minimum atomic E-state index is -0.134. The van der Waals surface area contributed by atoms with Gasteiger partial charge in [-0.15, -0.1) is 0 Å². The highest BCUT2D eigenvalue weighted by Crippen LogP contribution is 2.40. The van der Waals surface area contributed by atoms with Gasteiger partial charge in [-0.1, -0.05) is 19.1 Å². The van der Waals surface area contributed by atoms with E-state index in [4.69, 9.17) is 14.6 Å². The molecule has 2 atom stereocenters. The number of amides is 1. The van der Waals surface area contributed by atoms with E-state index in [1.165, 1.54) is 29.8 Å². The van der Waals surface area contributed by atoms with Crippen LogP contribution in [0.25, 0.3) is 0 Å². The molecule has 0 saturated carbocycles. The topological polar surface area (TPSA) is 59.8 Å². The Bertz CT molecular complexity index is 1100. The van der Waals surface area contributed by atoms with Gasteiger partial charge < -0.3 is 19.3 Å². The first-order chi connectivity index (χ1) is 16.5. The first-order valence-electron chi connectivity index (χ1n) is 12.5. The summed E-state index contributed by atoms with van der Waals surface area (Å²) < 4.78 is 13.2. The number of benzene rings is 1. The van der Waals surface area contributed by atoms with E-state index in [2.05, 4.69) is 37.8 Å². The lowest BCUT2D eigenvalue weighted by Crippen LogP contribution is -2.41. The molecule has 1 aliphatic carbocycles. The van der Waals surface area contributed by atoms with Crippen LogP contribution >= 0.6 is 0 Å². The Kier molecular flexibility index (Phi) is 6.38. The van der Waals surface area contributed by atoms with Crippen LogP contribution in [0.5, 0.6) is 5.75 Å². The summed E-state index contributed by atoms with van der Waals surface area (Å²) in [7, 11) is 1.70. The van der Waals surface area contributed by atoms with Crippen molar-refractivity contribution in [1.82, 2.24) is 19.6 Å². The number of nitrogens with zero attached hydrogens (tertiary/aromatic N) is 4. The molecule has 7 nitrogen and oxygen atoms in total. The molecule has 0 N–H and O–H groups in total. The number of rotatable bonds is 5. The van der Waals surface area contributed by atoms with Crippen molar-refractivity contribution in [2.24, 2.45) is 0 Å². The molecule has 1 fully saturated rings. The lowest BCUT2D eigenvalue weighted by Gasteiger charge is -2.36. The van der Waals surface area contributed by atoms with E-state index in [-0.39, 0.29) is 18.5 Å². The Labute approximate surface area is 202 Å². The maximum absolute atomic E-state index is 13.8. The lowest BCUT2D eigenvalue weighted by molar-refractivity contribution is -0.133. The van der Waals surface area contributed by atoms with Gasteiger partial charge >= 0.3 is 0 Å². The zero-order valence-corrected chi connectivity index (χ0v) is 20.8. The van der Waals surface area contributed by atoms with Crippen LogP contribution in [0.15, 0.2) is 30.0 Å². The molecule has 182 valence electrons. The third-order valence-electron chi connectivity index (χ3n) is 7.80. The monoisotopic (exact) mass is 464 g/mol. The second-order valence-electron chi connectivity index (χ2n) is 9.75. The highest BCUT2D eigenvalue weighted by molar-refractivity contribution is 5.78. The quantitative estimate of drug-likeness (QED) is 0.675. The number of hydrogen-bond acceptors (Lipinski definition) is 5. The standard InChI is InChI=1S/C27H36N4O3/c1-18-7-5-9-22-20(3)31(28-26(18)22)17-25(32)30-12-11-23(29-13-15-34-16-14-29)27(30)21-8-6-10-24(33-4)19(21)2/h6,8,10-11,18,27H,5,7,9,12-17H2,1-4H3/t18-,27+/m0/s1.